The van der Waals surface area contributed by atoms with Gasteiger partial charge >= 0.3 is 5.69 Å². The van der Waals surface area contributed by atoms with Crippen LogP contribution in [0.1, 0.15) is 42.9 Å². The molecule has 0 N–H and O–H groups in total. The zero-order chi connectivity index (χ0) is 21.5. The molecular formula is C24H23FN4O2. The summed E-state index contributed by atoms with van der Waals surface area (Å²) in [6, 6.07) is 13.7. The lowest BCUT2D eigenvalue weighted by Crippen LogP contribution is -2.42. The molecule has 158 valence electrons. The number of aromatic nitrogens is 4. The third-order valence-electron chi connectivity index (χ3n) is 6.14. The lowest BCUT2D eigenvalue weighted by atomic mass is 10.2. The fraction of sp³-hybridized carbons (Fsp3) is 0.292. The Morgan fingerprint density at radius 3 is 2.58 bits per heavy atom. The van der Waals surface area contributed by atoms with Gasteiger partial charge in [-0.3, -0.25) is 9.36 Å². The van der Waals surface area contributed by atoms with Crippen LogP contribution in [0.2, 0.25) is 0 Å². The van der Waals surface area contributed by atoms with Crippen molar-refractivity contribution in [2.45, 2.75) is 45.2 Å². The van der Waals surface area contributed by atoms with Crippen LogP contribution >= 0.6 is 0 Å². The molecule has 0 unspecified atom stereocenters. The van der Waals surface area contributed by atoms with E-state index in [1.807, 2.05) is 37.3 Å². The highest BCUT2D eigenvalue weighted by molar-refractivity contribution is 5.73. The smallest absolute Gasteiger partial charge is 0.320 e. The van der Waals surface area contributed by atoms with Crippen LogP contribution in [-0.2, 0) is 6.54 Å². The molecular weight excluding hydrogens is 395 g/mol. The molecule has 2 aromatic carbocycles. The maximum Gasteiger partial charge on any atom is 0.337 e. The zero-order valence-electron chi connectivity index (χ0n) is 17.3. The van der Waals surface area contributed by atoms with E-state index in [9.17, 15) is 14.0 Å². The molecule has 6 nitrogen and oxygen atoms in total. The van der Waals surface area contributed by atoms with Gasteiger partial charge in [-0.1, -0.05) is 43.2 Å². The molecule has 2 aromatic heterocycles. The third-order valence-corrected chi connectivity index (χ3v) is 6.14. The van der Waals surface area contributed by atoms with Gasteiger partial charge in [-0.25, -0.2) is 18.7 Å². The molecule has 0 spiro atoms. The van der Waals surface area contributed by atoms with Crippen molar-refractivity contribution in [3.05, 3.63) is 92.6 Å². The van der Waals surface area contributed by atoms with E-state index in [0.29, 0.717) is 23.4 Å². The summed E-state index contributed by atoms with van der Waals surface area (Å²) in [4.78, 5) is 31.6. The average Bonchev–Trinajstić information content (AvgIpc) is 3.40. The summed E-state index contributed by atoms with van der Waals surface area (Å²) < 4.78 is 18.4. The first-order valence-electron chi connectivity index (χ1n) is 10.6. The first kappa shape index (κ1) is 19.5. The Bertz CT molecular complexity index is 1390. The standard InChI is InChI=1S/C24H23FN4O2/c1-16-7-2-5-12-20(16)29-22-21(23(30)28(24(29)31)19-10-3-4-11-19)27(15-26-22)14-17-8-6-9-18(25)13-17/h2,5-9,12-13,15,19H,3-4,10-11,14H2,1H3. The van der Waals surface area contributed by atoms with Crippen molar-refractivity contribution >= 4 is 11.2 Å². The van der Waals surface area contributed by atoms with Crippen molar-refractivity contribution < 1.29 is 4.39 Å². The number of benzene rings is 2. The highest BCUT2D eigenvalue weighted by Gasteiger charge is 2.26. The summed E-state index contributed by atoms with van der Waals surface area (Å²) in [6.45, 7) is 2.22. The van der Waals surface area contributed by atoms with Crippen LogP contribution in [0.4, 0.5) is 4.39 Å². The number of imidazole rings is 1. The number of hydrogen-bond donors (Lipinski definition) is 0. The van der Waals surface area contributed by atoms with Gasteiger partial charge in [0.15, 0.2) is 11.2 Å². The Morgan fingerprint density at radius 1 is 1.06 bits per heavy atom. The largest absolute Gasteiger partial charge is 0.337 e. The van der Waals surface area contributed by atoms with Gasteiger partial charge in [-0.2, -0.15) is 0 Å². The van der Waals surface area contributed by atoms with Crippen molar-refractivity contribution in [3.8, 4) is 5.69 Å². The number of aryl methyl sites for hydroxylation is 1. The van der Waals surface area contributed by atoms with Crippen LogP contribution in [0, 0.1) is 12.7 Å². The van der Waals surface area contributed by atoms with E-state index < -0.39 is 0 Å². The molecule has 7 heteroatoms. The lowest BCUT2D eigenvalue weighted by molar-refractivity contribution is 0.474. The minimum Gasteiger partial charge on any atom is -0.320 e. The average molecular weight is 418 g/mol. The van der Waals surface area contributed by atoms with Gasteiger partial charge < -0.3 is 4.57 Å². The van der Waals surface area contributed by atoms with Gasteiger partial charge in [-0.05, 0) is 49.1 Å². The molecule has 5 rings (SSSR count). The van der Waals surface area contributed by atoms with E-state index in [1.54, 1.807) is 21.5 Å². The molecule has 0 aliphatic heterocycles. The molecule has 0 bridgehead atoms. The van der Waals surface area contributed by atoms with Gasteiger partial charge in [0.1, 0.15) is 5.82 Å². The second-order valence-corrected chi connectivity index (χ2v) is 8.19. The summed E-state index contributed by atoms with van der Waals surface area (Å²) in [5.41, 5.74) is 2.36. The number of rotatable bonds is 4. The van der Waals surface area contributed by atoms with E-state index in [4.69, 9.17) is 0 Å². The highest BCUT2D eigenvalue weighted by Crippen LogP contribution is 2.28. The number of para-hydroxylation sites is 1. The van der Waals surface area contributed by atoms with Gasteiger partial charge in [0, 0.05) is 12.6 Å². The monoisotopic (exact) mass is 418 g/mol. The van der Waals surface area contributed by atoms with Crippen LogP contribution in [0.5, 0.6) is 0 Å². The van der Waals surface area contributed by atoms with Gasteiger partial charge in [-0.15, -0.1) is 0 Å². The van der Waals surface area contributed by atoms with Crippen LogP contribution < -0.4 is 11.2 Å². The second-order valence-electron chi connectivity index (χ2n) is 8.19. The molecule has 1 aliphatic carbocycles. The predicted molar refractivity (Wildman–Crippen MR) is 117 cm³/mol. The molecule has 1 aliphatic rings. The van der Waals surface area contributed by atoms with Crippen molar-refractivity contribution in [1.82, 2.24) is 18.7 Å². The zero-order valence-corrected chi connectivity index (χ0v) is 17.3. The normalized spacial score (nSPS) is 14.5. The summed E-state index contributed by atoms with van der Waals surface area (Å²) in [7, 11) is 0. The topological polar surface area (TPSA) is 61.8 Å². The molecule has 0 atom stereocenters. The van der Waals surface area contributed by atoms with Crippen LogP contribution in [-0.4, -0.2) is 18.7 Å². The van der Waals surface area contributed by atoms with E-state index in [2.05, 4.69) is 4.98 Å². The molecule has 0 saturated heterocycles. The summed E-state index contributed by atoms with van der Waals surface area (Å²) in [5.74, 6) is -0.331. The molecule has 0 amide bonds. The fourth-order valence-corrected chi connectivity index (χ4v) is 4.62. The Balaban J connectivity index is 1.80. The molecule has 1 saturated carbocycles. The predicted octanol–water partition coefficient (Wildman–Crippen LogP) is 3.96. The summed E-state index contributed by atoms with van der Waals surface area (Å²) >= 11 is 0. The minimum absolute atomic E-state index is 0.114. The maximum atomic E-state index is 13.7. The third kappa shape index (κ3) is 3.30. The molecule has 0 radical (unpaired) electrons. The van der Waals surface area contributed by atoms with Crippen LogP contribution in [0.3, 0.4) is 0 Å². The van der Waals surface area contributed by atoms with E-state index in [-0.39, 0.29) is 23.1 Å². The molecule has 2 heterocycles. The van der Waals surface area contributed by atoms with Crippen LogP contribution in [0.25, 0.3) is 16.9 Å². The van der Waals surface area contributed by atoms with Crippen molar-refractivity contribution in [1.29, 1.82) is 0 Å². The fourth-order valence-electron chi connectivity index (χ4n) is 4.62. The molecule has 4 aromatic rings. The van der Waals surface area contributed by atoms with E-state index in [1.165, 1.54) is 16.7 Å². The number of hydrogen-bond acceptors (Lipinski definition) is 3. The number of fused-ring (bicyclic) bond motifs is 1. The number of nitrogens with zero attached hydrogens (tertiary/aromatic N) is 4. The first-order valence-corrected chi connectivity index (χ1v) is 10.6. The van der Waals surface area contributed by atoms with E-state index >= 15 is 0 Å². The quantitative estimate of drug-likeness (QED) is 0.504. The molecule has 1 fully saturated rings. The van der Waals surface area contributed by atoms with Crippen LogP contribution in [0.15, 0.2) is 64.4 Å². The Morgan fingerprint density at radius 2 is 1.84 bits per heavy atom. The maximum absolute atomic E-state index is 13.7. The van der Waals surface area contributed by atoms with Crippen molar-refractivity contribution in [2.24, 2.45) is 0 Å². The Kier molecular flexibility index (Phi) is 4.81. The van der Waals surface area contributed by atoms with Crippen molar-refractivity contribution in [3.63, 3.8) is 0 Å². The van der Waals surface area contributed by atoms with Gasteiger partial charge in [0.25, 0.3) is 5.56 Å². The summed E-state index contributed by atoms with van der Waals surface area (Å²) in [5, 5.41) is 0. The van der Waals surface area contributed by atoms with Crippen molar-refractivity contribution in [2.75, 3.05) is 0 Å². The van der Waals surface area contributed by atoms with Gasteiger partial charge in [0.05, 0.1) is 12.0 Å². The Hall–Kier alpha value is -3.48. The lowest BCUT2D eigenvalue weighted by Gasteiger charge is -2.17. The Labute approximate surface area is 178 Å². The highest BCUT2D eigenvalue weighted by atomic mass is 19.1. The van der Waals surface area contributed by atoms with E-state index in [0.717, 1.165) is 36.8 Å². The summed E-state index contributed by atoms with van der Waals surface area (Å²) in [6.07, 6.45) is 5.19. The minimum atomic E-state index is -0.352. The SMILES string of the molecule is Cc1ccccc1-n1c(=O)n(C2CCCC2)c(=O)c2c1ncn2Cc1cccc(F)c1. The molecule has 31 heavy (non-hydrogen) atoms. The second kappa shape index (κ2) is 7.65. The number of halogens is 1. The first-order chi connectivity index (χ1) is 15.0. The van der Waals surface area contributed by atoms with Gasteiger partial charge in [0.2, 0.25) is 0 Å².